The first-order valence-electron chi connectivity index (χ1n) is 13.4. The normalized spacial score (nSPS) is 15.9. The summed E-state index contributed by atoms with van der Waals surface area (Å²) in [5, 5.41) is 20.1. The number of thioether (sulfide) groups is 1. The van der Waals surface area contributed by atoms with Crippen LogP contribution in [0.25, 0.3) is 5.76 Å². The molecule has 0 radical (unpaired) electrons. The van der Waals surface area contributed by atoms with Crippen LogP contribution in [-0.2, 0) is 15.3 Å². The van der Waals surface area contributed by atoms with Crippen LogP contribution in [0.3, 0.4) is 0 Å². The van der Waals surface area contributed by atoms with Crippen molar-refractivity contribution in [3.8, 4) is 17.2 Å². The molecule has 1 unspecified atom stereocenters. The largest absolute Gasteiger partial charge is 0.507 e. The molecule has 1 saturated heterocycles. The van der Waals surface area contributed by atoms with Gasteiger partial charge in [-0.15, -0.1) is 10.2 Å². The second-order valence-electron chi connectivity index (χ2n) is 9.65. The van der Waals surface area contributed by atoms with Crippen molar-refractivity contribution >= 4 is 45.7 Å². The summed E-state index contributed by atoms with van der Waals surface area (Å²) < 4.78 is 25.1. The number of benzene rings is 4. The van der Waals surface area contributed by atoms with Gasteiger partial charge in [0.05, 0.1) is 18.7 Å². The first-order chi connectivity index (χ1) is 21.4. The fourth-order valence-corrected chi connectivity index (χ4v) is 6.53. The van der Waals surface area contributed by atoms with Crippen molar-refractivity contribution in [3.05, 3.63) is 131 Å². The molecule has 1 aliphatic heterocycles. The van der Waals surface area contributed by atoms with Gasteiger partial charge in [-0.1, -0.05) is 65.6 Å². The van der Waals surface area contributed by atoms with E-state index >= 15 is 0 Å². The number of hydrogen-bond acceptors (Lipinski definition) is 9. The molecule has 0 bridgehead atoms. The fraction of sp³-hybridized carbons (Fsp3) is 0.0909. The molecular formula is C33H24FN3O5S2. The monoisotopic (exact) mass is 625 g/mol. The number of methoxy groups -OCH3 is 1. The number of aromatic nitrogens is 2. The number of ether oxygens (including phenoxy) is 2. The number of ketones is 1. The van der Waals surface area contributed by atoms with E-state index in [2.05, 4.69) is 10.2 Å². The van der Waals surface area contributed by atoms with Gasteiger partial charge in [-0.2, -0.15) is 0 Å². The van der Waals surface area contributed by atoms with Gasteiger partial charge in [0.1, 0.15) is 28.8 Å². The predicted octanol–water partition coefficient (Wildman–Crippen LogP) is 7.40. The van der Waals surface area contributed by atoms with Crippen LogP contribution in [0.4, 0.5) is 9.52 Å². The van der Waals surface area contributed by atoms with Crippen molar-refractivity contribution in [2.24, 2.45) is 0 Å². The second kappa shape index (κ2) is 12.7. The minimum atomic E-state index is -1.01. The number of amides is 1. The third-order valence-electron chi connectivity index (χ3n) is 6.84. The summed E-state index contributed by atoms with van der Waals surface area (Å²) in [6.45, 7) is 0. The number of anilines is 1. The molecule has 1 atom stereocenters. The Labute approximate surface area is 260 Å². The van der Waals surface area contributed by atoms with Crippen molar-refractivity contribution in [1.29, 1.82) is 0 Å². The number of rotatable bonds is 9. The zero-order valence-corrected chi connectivity index (χ0v) is 24.8. The molecule has 44 heavy (non-hydrogen) atoms. The second-order valence-corrected chi connectivity index (χ2v) is 11.8. The highest BCUT2D eigenvalue weighted by atomic mass is 32.2. The highest BCUT2D eigenvalue weighted by molar-refractivity contribution is 8.00. The number of nitrogens with zero attached hydrogens (tertiary/aromatic N) is 3. The van der Waals surface area contributed by atoms with Gasteiger partial charge in [0.15, 0.2) is 4.34 Å². The lowest BCUT2D eigenvalue weighted by molar-refractivity contribution is -0.132. The standard InChI is InChI=1S/C33H24FN3O5S2/c1-41-24-16-12-21(13-17-24)29(38)27-28(22-6-5-9-26(18-22)42-25-7-3-2-4-8-25)37(31(40)30(27)39)32-35-36-33(44-32)43-19-20-10-14-23(34)15-11-20/h2-18,28,38H,19H2,1H3/b29-27-. The third kappa shape index (κ3) is 6.05. The molecule has 0 spiro atoms. The molecule has 1 amide bonds. The number of aliphatic hydroxyl groups is 1. The molecule has 1 aliphatic rings. The van der Waals surface area contributed by atoms with E-state index in [0.717, 1.165) is 16.9 Å². The lowest BCUT2D eigenvalue weighted by atomic mass is 9.95. The minimum Gasteiger partial charge on any atom is -0.507 e. The Balaban J connectivity index is 1.39. The van der Waals surface area contributed by atoms with Gasteiger partial charge in [0, 0.05) is 11.3 Å². The van der Waals surface area contributed by atoms with Crippen LogP contribution < -0.4 is 14.4 Å². The zero-order valence-electron chi connectivity index (χ0n) is 23.2. The van der Waals surface area contributed by atoms with Crippen LogP contribution in [0.1, 0.15) is 22.7 Å². The summed E-state index contributed by atoms with van der Waals surface area (Å²) >= 11 is 2.52. The van der Waals surface area contributed by atoms with E-state index < -0.39 is 17.7 Å². The fourth-order valence-electron chi connectivity index (χ4n) is 4.71. The Morgan fingerprint density at radius 3 is 2.36 bits per heavy atom. The summed E-state index contributed by atoms with van der Waals surface area (Å²) in [5.41, 5.74) is 1.68. The number of carbonyl (C=O) groups excluding carboxylic acids is 2. The molecule has 2 heterocycles. The zero-order chi connectivity index (χ0) is 30.6. The van der Waals surface area contributed by atoms with Crippen molar-refractivity contribution in [1.82, 2.24) is 10.2 Å². The summed E-state index contributed by atoms with van der Waals surface area (Å²) in [7, 11) is 1.53. The quantitative estimate of drug-likeness (QED) is 0.0595. The molecule has 11 heteroatoms. The number of Topliss-reactive ketones (excluding diaryl/α,β-unsaturated/α-hetero) is 1. The lowest BCUT2D eigenvalue weighted by Gasteiger charge is -2.23. The van der Waals surface area contributed by atoms with Crippen molar-refractivity contribution in [2.75, 3.05) is 12.0 Å². The Kier molecular flexibility index (Phi) is 8.40. The topological polar surface area (TPSA) is 102 Å². The molecule has 5 aromatic rings. The van der Waals surface area contributed by atoms with Gasteiger partial charge < -0.3 is 14.6 Å². The van der Waals surface area contributed by atoms with E-state index in [1.807, 2.05) is 30.3 Å². The van der Waals surface area contributed by atoms with E-state index in [9.17, 15) is 19.1 Å². The smallest absolute Gasteiger partial charge is 0.301 e. The molecule has 1 N–H and O–H groups in total. The Bertz CT molecular complexity index is 1840. The Hall–Kier alpha value is -5.00. The highest BCUT2D eigenvalue weighted by Gasteiger charge is 2.48. The van der Waals surface area contributed by atoms with Crippen LogP contribution in [0.5, 0.6) is 17.2 Å². The average molecular weight is 626 g/mol. The maximum absolute atomic E-state index is 13.6. The third-order valence-corrected chi connectivity index (χ3v) is 8.97. The number of aliphatic hydroxyl groups excluding tert-OH is 1. The molecule has 8 nitrogen and oxygen atoms in total. The van der Waals surface area contributed by atoms with Crippen molar-refractivity contribution in [2.45, 2.75) is 16.1 Å². The summed E-state index contributed by atoms with van der Waals surface area (Å²) in [6.07, 6.45) is 0. The van der Waals surface area contributed by atoms with E-state index in [1.165, 1.54) is 35.9 Å². The highest BCUT2D eigenvalue weighted by Crippen LogP contribution is 2.45. The van der Waals surface area contributed by atoms with E-state index in [1.54, 1.807) is 60.7 Å². The molecule has 4 aromatic carbocycles. The molecule has 6 rings (SSSR count). The summed E-state index contributed by atoms with van der Waals surface area (Å²) in [6, 6.07) is 27.9. The predicted molar refractivity (Wildman–Crippen MR) is 167 cm³/mol. The maximum atomic E-state index is 13.6. The number of hydrogen-bond donors (Lipinski definition) is 1. The molecule has 1 fully saturated rings. The lowest BCUT2D eigenvalue weighted by Crippen LogP contribution is -2.29. The minimum absolute atomic E-state index is 0.0901. The number of para-hydroxylation sites is 1. The van der Waals surface area contributed by atoms with Gasteiger partial charge in [-0.3, -0.25) is 14.5 Å². The molecule has 0 aliphatic carbocycles. The maximum Gasteiger partial charge on any atom is 0.301 e. The first kappa shape index (κ1) is 29.1. The van der Waals surface area contributed by atoms with Crippen molar-refractivity contribution < 1.29 is 28.6 Å². The number of halogens is 1. The summed E-state index contributed by atoms with van der Waals surface area (Å²) in [4.78, 5) is 28.5. The Morgan fingerprint density at radius 2 is 1.64 bits per heavy atom. The van der Waals surface area contributed by atoms with Gasteiger partial charge in [-0.25, -0.2) is 4.39 Å². The molecule has 220 valence electrons. The van der Waals surface area contributed by atoms with Gasteiger partial charge >= 0.3 is 5.91 Å². The van der Waals surface area contributed by atoms with Crippen LogP contribution in [0.15, 0.2) is 113 Å². The Morgan fingerprint density at radius 1 is 0.909 bits per heavy atom. The first-order valence-corrected chi connectivity index (χ1v) is 15.2. The molecule has 0 saturated carbocycles. The van der Waals surface area contributed by atoms with Crippen LogP contribution >= 0.6 is 23.1 Å². The van der Waals surface area contributed by atoms with Crippen LogP contribution in [0.2, 0.25) is 0 Å². The van der Waals surface area contributed by atoms with Gasteiger partial charge in [0.25, 0.3) is 5.78 Å². The van der Waals surface area contributed by atoms with Crippen molar-refractivity contribution in [3.63, 3.8) is 0 Å². The van der Waals surface area contributed by atoms with E-state index in [0.29, 0.717) is 38.5 Å². The van der Waals surface area contributed by atoms with Gasteiger partial charge in [-0.05, 0) is 71.8 Å². The average Bonchev–Trinajstić information content (AvgIpc) is 3.62. The SMILES string of the molecule is COc1ccc(/C(O)=C2/C(=O)C(=O)N(c3nnc(SCc4ccc(F)cc4)s3)C2c2cccc(Oc3ccccc3)c2)cc1. The van der Waals surface area contributed by atoms with E-state index in [4.69, 9.17) is 9.47 Å². The van der Waals surface area contributed by atoms with Crippen LogP contribution in [-0.4, -0.2) is 34.1 Å². The van der Waals surface area contributed by atoms with Crippen LogP contribution in [0, 0.1) is 5.82 Å². The molecule has 1 aromatic heterocycles. The van der Waals surface area contributed by atoms with E-state index in [-0.39, 0.29) is 22.3 Å². The number of carbonyl (C=O) groups is 2. The molecular weight excluding hydrogens is 602 g/mol. The summed E-state index contributed by atoms with van der Waals surface area (Å²) in [5.74, 6) is -0.167. The van der Waals surface area contributed by atoms with Gasteiger partial charge in [0.2, 0.25) is 5.13 Å².